The Kier molecular flexibility index (Phi) is 4.40. The number of anilines is 1. The minimum absolute atomic E-state index is 0.278. The Morgan fingerprint density at radius 3 is 2.75 bits per heavy atom. The number of imidazole rings is 1. The number of benzene rings is 1. The molecule has 7 heteroatoms. The summed E-state index contributed by atoms with van der Waals surface area (Å²) in [5.41, 5.74) is 7.05. The van der Waals surface area contributed by atoms with E-state index in [1.807, 2.05) is 4.57 Å². The van der Waals surface area contributed by atoms with Gasteiger partial charge >= 0.3 is 0 Å². The van der Waals surface area contributed by atoms with Gasteiger partial charge in [-0.2, -0.15) is 11.8 Å². The summed E-state index contributed by atoms with van der Waals surface area (Å²) >= 11 is 1.74. The number of rotatable bonds is 5. The van der Waals surface area contributed by atoms with Crippen LogP contribution < -0.4 is 5.73 Å². The zero-order valence-electron chi connectivity index (χ0n) is 14.0. The summed E-state index contributed by atoms with van der Waals surface area (Å²) in [7, 11) is 0. The molecule has 0 aliphatic heterocycles. The van der Waals surface area contributed by atoms with Gasteiger partial charge in [0.25, 0.3) is 0 Å². The van der Waals surface area contributed by atoms with Gasteiger partial charge in [0, 0.05) is 11.5 Å². The van der Waals surface area contributed by atoms with E-state index in [-0.39, 0.29) is 11.6 Å². The first-order valence-electron chi connectivity index (χ1n) is 7.84. The van der Waals surface area contributed by atoms with Crippen molar-refractivity contribution in [3.05, 3.63) is 29.8 Å². The smallest absolute Gasteiger partial charge is 0.152 e. The van der Waals surface area contributed by atoms with Crippen molar-refractivity contribution in [3.8, 4) is 0 Å². The number of hydrogen-bond acceptors (Lipinski definition) is 5. The predicted molar refractivity (Wildman–Crippen MR) is 97.5 cm³/mol. The fourth-order valence-electron chi connectivity index (χ4n) is 2.79. The van der Waals surface area contributed by atoms with Crippen molar-refractivity contribution >= 4 is 39.5 Å². The third-order valence-corrected chi connectivity index (χ3v) is 4.60. The standard InChI is InChI=1S/C17H21FN4OS/c1-4-24-8-13-21-14-15(22(13)9-17(2,3)23)11-6-5-10(18)7-12(11)20-16(14)19/h5-7,23H,4,8-9H2,1-3H3,(H2,19,20). The normalized spacial score (nSPS) is 12.4. The van der Waals surface area contributed by atoms with Crippen molar-refractivity contribution in [2.75, 3.05) is 11.5 Å². The maximum absolute atomic E-state index is 13.6. The van der Waals surface area contributed by atoms with E-state index in [1.165, 1.54) is 12.1 Å². The Morgan fingerprint density at radius 1 is 1.33 bits per heavy atom. The van der Waals surface area contributed by atoms with Gasteiger partial charge in [0.05, 0.1) is 28.9 Å². The number of nitrogen functional groups attached to an aromatic ring is 1. The molecule has 0 aliphatic rings. The highest BCUT2D eigenvalue weighted by Crippen LogP contribution is 2.31. The van der Waals surface area contributed by atoms with Crippen LogP contribution in [0.3, 0.4) is 0 Å². The van der Waals surface area contributed by atoms with Gasteiger partial charge in [-0.05, 0) is 31.7 Å². The molecule has 128 valence electrons. The van der Waals surface area contributed by atoms with Crippen LogP contribution in [-0.4, -0.2) is 31.0 Å². The molecule has 24 heavy (non-hydrogen) atoms. The first kappa shape index (κ1) is 17.0. The summed E-state index contributed by atoms with van der Waals surface area (Å²) in [5, 5.41) is 11.1. The number of aromatic nitrogens is 3. The first-order chi connectivity index (χ1) is 11.3. The van der Waals surface area contributed by atoms with Gasteiger partial charge in [0.15, 0.2) is 5.82 Å². The molecule has 0 amide bonds. The van der Waals surface area contributed by atoms with E-state index in [1.54, 1.807) is 31.7 Å². The zero-order valence-corrected chi connectivity index (χ0v) is 14.8. The van der Waals surface area contributed by atoms with Gasteiger partial charge in [-0.25, -0.2) is 14.4 Å². The maximum atomic E-state index is 13.6. The number of thioether (sulfide) groups is 1. The van der Waals surface area contributed by atoms with Crippen molar-refractivity contribution in [1.82, 2.24) is 14.5 Å². The van der Waals surface area contributed by atoms with Crippen molar-refractivity contribution in [3.63, 3.8) is 0 Å². The molecule has 0 saturated carbocycles. The summed E-state index contributed by atoms with van der Waals surface area (Å²) in [6, 6.07) is 4.47. The third kappa shape index (κ3) is 3.18. The Hall–Kier alpha value is -1.86. The van der Waals surface area contributed by atoms with Crippen LogP contribution in [0.4, 0.5) is 10.2 Å². The largest absolute Gasteiger partial charge is 0.389 e. The molecule has 3 aromatic rings. The summed E-state index contributed by atoms with van der Waals surface area (Å²) in [6.45, 7) is 5.96. The second-order valence-corrected chi connectivity index (χ2v) is 7.69. The Balaban J connectivity index is 2.34. The zero-order chi connectivity index (χ0) is 17.5. The number of hydrogen-bond donors (Lipinski definition) is 2. The predicted octanol–water partition coefficient (Wildman–Crippen LogP) is 3.33. The molecule has 0 fully saturated rings. The van der Waals surface area contributed by atoms with Crippen LogP contribution in [0.1, 0.15) is 26.6 Å². The molecule has 0 radical (unpaired) electrons. The number of halogens is 1. The van der Waals surface area contributed by atoms with Crippen LogP contribution >= 0.6 is 11.8 Å². The number of nitrogens with zero attached hydrogens (tertiary/aromatic N) is 3. The molecule has 0 atom stereocenters. The van der Waals surface area contributed by atoms with Crippen molar-refractivity contribution in [2.24, 2.45) is 0 Å². The SMILES string of the molecule is CCSCc1nc2c(N)nc3cc(F)ccc3c2n1CC(C)(C)O. The van der Waals surface area contributed by atoms with Crippen molar-refractivity contribution in [1.29, 1.82) is 0 Å². The molecule has 0 saturated heterocycles. The highest BCUT2D eigenvalue weighted by molar-refractivity contribution is 7.98. The van der Waals surface area contributed by atoms with Crippen LogP contribution in [-0.2, 0) is 12.3 Å². The molecule has 3 rings (SSSR count). The third-order valence-electron chi connectivity index (χ3n) is 3.73. The molecule has 0 bridgehead atoms. The quantitative estimate of drug-likeness (QED) is 0.739. The molecule has 3 N–H and O–H groups in total. The van der Waals surface area contributed by atoms with Crippen LogP contribution in [0.2, 0.25) is 0 Å². The minimum Gasteiger partial charge on any atom is -0.389 e. The van der Waals surface area contributed by atoms with E-state index < -0.39 is 5.60 Å². The van der Waals surface area contributed by atoms with Crippen LogP contribution in [0.15, 0.2) is 18.2 Å². The molecule has 1 aromatic carbocycles. The van der Waals surface area contributed by atoms with Crippen LogP contribution in [0.25, 0.3) is 21.9 Å². The molecule has 0 aliphatic carbocycles. The van der Waals surface area contributed by atoms with E-state index in [9.17, 15) is 9.50 Å². The van der Waals surface area contributed by atoms with E-state index >= 15 is 0 Å². The number of fused-ring (bicyclic) bond motifs is 3. The van der Waals surface area contributed by atoms with Crippen molar-refractivity contribution in [2.45, 2.75) is 38.7 Å². The van der Waals surface area contributed by atoms with E-state index in [4.69, 9.17) is 5.73 Å². The summed E-state index contributed by atoms with van der Waals surface area (Å²) in [5.74, 6) is 2.43. The Labute approximate surface area is 144 Å². The molecule has 2 heterocycles. The number of aliphatic hydroxyl groups is 1. The summed E-state index contributed by atoms with van der Waals surface area (Å²) < 4.78 is 15.5. The van der Waals surface area contributed by atoms with E-state index in [2.05, 4.69) is 16.9 Å². The van der Waals surface area contributed by atoms with Gasteiger partial charge in [0.1, 0.15) is 17.2 Å². The average molecular weight is 348 g/mol. The lowest BCUT2D eigenvalue weighted by Crippen LogP contribution is -2.27. The second kappa shape index (κ2) is 6.22. The average Bonchev–Trinajstić information content (AvgIpc) is 2.82. The van der Waals surface area contributed by atoms with Crippen LogP contribution in [0.5, 0.6) is 0 Å². The van der Waals surface area contributed by atoms with Crippen LogP contribution in [0, 0.1) is 5.82 Å². The highest BCUT2D eigenvalue weighted by Gasteiger charge is 2.22. The van der Waals surface area contributed by atoms with E-state index in [0.29, 0.717) is 23.3 Å². The fourth-order valence-corrected chi connectivity index (χ4v) is 3.40. The lowest BCUT2D eigenvalue weighted by atomic mass is 10.1. The summed E-state index contributed by atoms with van der Waals surface area (Å²) in [4.78, 5) is 8.94. The fraction of sp³-hybridized carbons (Fsp3) is 0.412. The minimum atomic E-state index is -0.913. The molecule has 0 unspecified atom stereocenters. The number of pyridine rings is 1. The highest BCUT2D eigenvalue weighted by atomic mass is 32.2. The maximum Gasteiger partial charge on any atom is 0.152 e. The van der Waals surface area contributed by atoms with Gasteiger partial charge in [-0.15, -0.1) is 0 Å². The molecule has 0 spiro atoms. The molecule has 5 nitrogen and oxygen atoms in total. The van der Waals surface area contributed by atoms with Gasteiger partial charge in [-0.1, -0.05) is 6.92 Å². The van der Waals surface area contributed by atoms with Gasteiger partial charge < -0.3 is 15.4 Å². The van der Waals surface area contributed by atoms with Gasteiger partial charge in [0.2, 0.25) is 0 Å². The second-order valence-electron chi connectivity index (χ2n) is 6.42. The number of nitrogens with two attached hydrogens (primary N) is 1. The molecule has 2 aromatic heterocycles. The topological polar surface area (TPSA) is 77.0 Å². The Morgan fingerprint density at radius 2 is 2.08 bits per heavy atom. The van der Waals surface area contributed by atoms with Crippen molar-refractivity contribution < 1.29 is 9.50 Å². The van der Waals surface area contributed by atoms with E-state index in [0.717, 1.165) is 22.5 Å². The first-order valence-corrected chi connectivity index (χ1v) is 8.99. The van der Waals surface area contributed by atoms with Gasteiger partial charge in [-0.3, -0.25) is 0 Å². The monoisotopic (exact) mass is 348 g/mol. The molecular formula is C17H21FN4OS. The molecular weight excluding hydrogens is 327 g/mol. The lowest BCUT2D eigenvalue weighted by Gasteiger charge is -2.20. The lowest BCUT2D eigenvalue weighted by molar-refractivity contribution is 0.0620. The summed E-state index contributed by atoms with van der Waals surface area (Å²) in [6.07, 6.45) is 0. The Bertz CT molecular complexity index is 901.